The first-order valence-corrected chi connectivity index (χ1v) is 3.30. The van der Waals surface area contributed by atoms with Crippen LogP contribution in [-0.4, -0.2) is 12.7 Å². The van der Waals surface area contributed by atoms with E-state index in [4.69, 9.17) is 4.74 Å². The molecule has 1 heteroatoms. The predicted octanol–water partition coefficient (Wildman–Crippen LogP) is 2.07. The highest BCUT2D eigenvalue weighted by molar-refractivity contribution is 4.52. The highest BCUT2D eigenvalue weighted by Gasteiger charge is 2.03. The van der Waals surface area contributed by atoms with Crippen molar-refractivity contribution in [3.05, 3.63) is 0 Å². The van der Waals surface area contributed by atoms with E-state index in [-0.39, 0.29) is 0 Å². The third-order valence-corrected chi connectivity index (χ3v) is 1.37. The molecular weight excluding hydrogens is 100 g/mol. The summed E-state index contributed by atoms with van der Waals surface area (Å²) in [6.45, 7) is 9.30. The number of rotatable bonds is 3. The van der Waals surface area contributed by atoms with Gasteiger partial charge in [-0.25, -0.2) is 0 Å². The Morgan fingerprint density at radius 1 is 1.25 bits per heavy atom. The van der Waals surface area contributed by atoms with Crippen LogP contribution < -0.4 is 0 Å². The van der Waals surface area contributed by atoms with Crippen molar-refractivity contribution in [3.63, 3.8) is 0 Å². The van der Waals surface area contributed by atoms with Gasteiger partial charge < -0.3 is 4.74 Å². The lowest BCUT2D eigenvalue weighted by atomic mass is 10.1. The maximum absolute atomic E-state index is 5.30. The first kappa shape index (κ1) is 7.96. The van der Waals surface area contributed by atoms with E-state index in [2.05, 4.69) is 20.8 Å². The number of hydrogen-bond donors (Lipinski definition) is 0. The SMILES string of the molecule is CCO[C@H](C)C(C)C. The molecule has 0 amide bonds. The second-order valence-electron chi connectivity index (χ2n) is 2.40. The Morgan fingerprint density at radius 2 is 1.75 bits per heavy atom. The molecule has 0 radical (unpaired) electrons. The first-order chi connectivity index (χ1) is 3.68. The standard InChI is InChI=1S/C7H16O/c1-5-8-7(4)6(2)3/h6-7H,5H2,1-4H3/t7-/m1/s1. The van der Waals surface area contributed by atoms with Crippen LogP contribution in [-0.2, 0) is 4.74 Å². The van der Waals surface area contributed by atoms with Gasteiger partial charge in [-0.05, 0) is 19.8 Å². The molecule has 0 aliphatic heterocycles. The zero-order valence-corrected chi connectivity index (χ0v) is 6.27. The Balaban J connectivity index is 3.17. The third kappa shape index (κ3) is 3.03. The average molecular weight is 116 g/mol. The Labute approximate surface area is 52.0 Å². The molecule has 0 N–H and O–H groups in total. The molecule has 0 heterocycles. The van der Waals surface area contributed by atoms with Gasteiger partial charge in [0.2, 0.25) is 0 Å². The summed E-state index contributed by atoms with van der Waals surface area (Å²) in [5.74, 6) is 0.648. The van der Waals surface area contributed by atoms with Crippen molar-refractivity contribution in [2.75, 3.05) is 6.61 Å². The van der Waals surface area contributed by atoms with Crippen molar-refractivity contribution < 1.29 is 4.74 Å². The summed E-state index contributed by atoms with van der Waals surface area (Å²) in [6.07, 6.45) is 0.417. The van der Waals surface area contributed by atoms with Gasteiger partial charge in [-0.2, -0.15) is 0 Å². The summed E-state index contributed by atoms with van der Waals surface area (Å²) in [7, 11) is 0. The topological polar surface area (TPSA) is 9.23 Å². The van der Waals surface area contributed by atoms with Crippen LogP contribution in [0.5, 0.6) is 0 Å². The van der Waals surface area contributed by atoms with E-state index in [1.807, 2.05) is 6.92 Å². The van der Waals surface area contributed by atoms with Gasteiger partial charge in [0.25, 0.3) is 0 Å². The minimum Gasteiger partial charge on any atom is -0.379 e. The molecule has 0 bridgehead atoms. The largest absolute Gasteiger partial charge is 0.379 e. The molecule has 0 unspecified atom stereocenters. The van der Waals surface area contributed by atoms with E-state index in [1.165, 1.54) is 0 Å². The molecule has 0 aromatic heterocycles. The molecule has 0 aromatic rings. The van der Waals surface area contributed by atoms with Crippen LogP contribution in [0, 0.1) is 5.92 Å². The predicted molar refractivity (Wildman–Crippen MR) is 35.9 cm³/mol. The van der Waals surface area contributed by atoms with Crippen LogP contribution in [0.2, 0.25) is 0 Å². The lowest BCUT2D eigenvalue weighted by Gasteiger charge is -2.14. The van der Waals surface area contributed by atoms with Crippen molar-refractivity contribution in [1.29, 1.82) is 0 Å². The van der Waals surface area contributed by atoms with Gasteiger partial charge in [0.05, 0.1) is 6.10 Å². The molecular formula is C7H16O. The zero-order chi connectivity index (χ0) is 6.57. The maximum Gasteiger partial charge on any atom is 0.0569 e. The van der Waals surface area contributed by atoms with E-state index in [1.54, 1.807) is 0 Å². The van der Waals surface area contributed by atoms with Crippen LogP contribution in [0.15, 0.2) is 0 Å². The first-order valence-electron chi connectivity index (χ1n) is 3.30. The zero-order valence-electron chi connectivity index (χ0n) is 6.27. The van der Waals surface area contributed by atoms with Crippen LogP contribution in [0.25, 0.3) is 0 Å². The Morgan fingerprint density at radius 3 is 1.88 bits per heavy atom. The molecule has 1 atom stereocenters. The Bertz CT molecular complexity index is 50.3. The summed E-state index contributed by atoms with van der Waals surface area (Å²) in [5, 5.41) is 0. The molecule has 0 aromatic carbocycles. The summed E-state index contributed by atoms with van der Waals surface area (Å²) in [5.41, 5.74) is 0. The molecule has 0 saturated carbocycles. The third-order valence-electron chi connectivity index (χ3n) is 1.37. The summed E-state index contributed by atoms with van der Waals surface area (Å²) in [4.78, 5) is 0. The lowest BCUT2D eigenvalue weighted by molar-refractivity contribution is 0.0443. The van der Waals surface area contributed by atoms with Gasteiger partial charge in [-0.15, -0.1) is 0 Å². The molecule has 0 saturated heterocycles. The monoisotopic (exact) mass is 116 g/mol. The van der Waals surface area contributed by atoms with Crippen LogP contribution >= 0.6 is 0 Å². The van der Waals surface area contributed by atoms with Crippen LogP contribution in [0.1, 0.15) is 27.7 Å². The van der Waals surface area contributed by atoms with E-state index in [0.29, 0.717) is 12.0 Å². The van der Waals surface area contributed by atoms with E-state index < -0.39 is 0 Å². The minimum absolute atomic E-state index is 0.417. The van der Waals surface area contributed by atoms with Gasteiger partial charge in [-0.1, -0.05) is 13.8 Å². The fraction of sp³-hybridized carbons (Fsp3) is 1.00. The second kappa shape index (κ2) is 3.90. The minimum atomic E-state index is 0.417. The van der Waals surface area contributed by atoms with Gasteiger partial charge in [0.1, 0.15) is 0 Å². The molecule has 50 valence electrons. The van der Waals surface area contributed by atoms with Gasteiger partial charge >= 0.3 is 0 Å². The van der Waals surface area contributed by atoms with Crippen molar-refractivity contribution >= 4 is 0 Å². The van der Waals surface area contributed by atoms with Crippen molar-refractivity contribution in [1.82, 2.24) is 0 Å². The second-order valence-corrected chi connectivity index (χ2v) is 2.40. The maximum atomic E-state index is 5.30. The smallest absolute Gasteiger partial charge is 0.0569 e. The Hall–Kier alpha value is -0.0400. The molecule has 0 aliphatic carbocycles. The molecule has 8 heavy (non-hydrogen) atoms. The quantitative estimate of drug-likeness (QED) is 0.548. The van der Waals surface area contributed by atoms with Crippen molar-refractivity contribution in [3.8, 4) is 0 Å². The average Bonchev–Trinajstić information content (AvgIpc) is 1.67. The van der Waals surface area contributed by atoms with E-state index >= 15 is 0 Å². The molecule has 1 nitrogen and oxygen atoms in total. The summed E-state index contributed by atoms with van der Waals surface area (Å²) < 4.78 is 5.30. The number of hydrogen-bond acceptors (Lipinski definition) is 1. The fourth-order valence-electron chi connectivity index (χ4n) is 0.455. The summed E-state index contributed by atoms with van der Waals surface area (Å²) >= 11 is 0. The lowest BCUT2D eigenvalue weighted by Crippen LogP contribution is -2.14. The molecule has 0 spiro atoms. The Kier molecular flexibility index (Phi) is 3.88. The van der Waals surface area contributed by atoms with Crippen molar-refractivity contribution in [2.45, 2.75) is 33.8 Å². The highest BCUT2D eigenvalue weighted by Crippen LogP contribution is 2.03. The molecule has 0 aliphatic rings. The van der Waals surface area contributed by atoms with Gasteiger partial charge in [0, 0.05) is 6.61 Å². The van der Waals surface area contributed by atoms with Crippen LogP contribution in [0.3, 0.4) is 0 Å². The molecule has 0 rings (SSSR count). The van der Waals surface area contributed by atoms with E-state index in [0.717, 1.165) is 6.61 Å². The van der Waals surface area contributed by atoms with Crippen LogP contribution in [0.4, 0.5) is 0 Å². The molecule has 0 fully saturated rings. The fourth-order valence-corrected chi connectivity index (χ4v) is 0.455. The van der Waals surface area contributed by atoms with Crippen molar-refractivity contribution in [2.24, 2.45) is 5.92 Å². The summed E-state index contributed by atoms with van der Waals surface area (Å²) in [6, 6.07) is 0. The number of ether oxygens (including phenoxy) is 1. The normalized spacial score (nSPS) is 14.6. The van der Waals surface area contributed by atoms with Gasteiger partial charge in [-0.3, -0.25) is 0 Å². The highest BCUT2D eigenvalue weighted by atomic mass is 16.5. The van der Waals surface area contributed by atoms with Gasteiger partial charge in [0.15, 0.2) is 0 Å². The van der Waals surface area contributed by atoms with E-state index in [9.17, 15) is 0 Å².